The van der Waals surface area contributed by atoms with Crippen LogP contribution < -0.4 is 4.74 Å². The summed E-state index contributed by atoms with van der Waals surface area (Å²) in [7, 11) is 1.51. The molecule has 0 radical (unpaired) electrons. The molecule has 1 aromatic carbocycles. The third-order valence-corrected chi connectivity index (χ3v) is 2.84. The van der Waals surface area contributed by atoms with Crippen molar-refractivity contribution in [2.75, 3.05) is 26.9 Å². The lowest BCUT2D eigenvalue weighted by atomic mass is 10.1. The lowest BCUT2D eigenvalue weighted by Gasteiger charge is -2.09. The van der Waals surface area contributed by atoms with Gasteiger partial charge in [-0.05, 0) is 18.6 Å². The Morgan fingerprint density at radius 1 is 1.27 bits per heavy atom. The molecule has 0 saturated heterocycles. The lowest BCUT2D eigenvalue weighted by Crippen LogP contribution is -2.11. The second-order valence-electron chi connectivity index (χ2n) is 4.54. The summed E-state index contributed by atoms with van der Waals surface area (Å²) in [5.41, 5.74) is 0.612. The van der Waals surface area contributed by atoms with E-state index in [9.17, 15) is 4.79 Å². The zero-order valence-electron chi connectivity index (χ0n) is 13.0. The number of hydrogen-bond acceptors (Lipinski definition) is 5. The molecule has 5 heteroatoms. The highest BCUT2D eigenvalue weighted by molar-refractivity contribution is 5.98. The number of rotatable bonds is 9. The van der Waals surface area contributed by atoms with E-state index in [4.69, 9.17) is 19.5 Å². The van der Waals surface area contributed by atoms with Gasteiger partial charge >= 0.3 is 5.97 Å². The molecule has 0 fully saturated rings. The summed E-state index contributed by atoms with van der Waals surface area (Å²) in [4.78, 5) is 11.8. The van der Waals surface area contributed by atoms with Gasteiger partial charge in [0.2, 0.25) is 0 Å². The highest BCUT2D eigenvalue weighted by atomic mass is 16.6. The Morgan fingerprint density at radius 2 is 2.05 bits per heavy atom. The molecular formula is C17H21NO4. The molecule has 0 aliphatic carbocycles. The zero-order chi connectivity index (χ0) is 16.2. The minimum absolute atomic E-state index is 0.0670. The fraction of sp³-hybridized carbons (Fsp3) is 0.412. The smallest absolute Gasteiger partial charge is 0.348 e. The van der Waals surface area contributed by atoms with Gasteiger partial charge in [0, 0.05) is 12.7 Å². The van der Waals surface area contributed by atoms with Crippen LogP contribution in [0.25, 0.3) is 6.08 Å². The topological polar surface area (TPSA) is 68.5 Å². The molecule has 1 aromatic rings. The molecule has 0 unspecified atom stereocenters. The van der Waals surface area contributed by atoms with E-state index in [1.165, 1.54) is 13.2 Å². The van der Waals surface area contributed by atoms with Crippen molar-refractivity contribution in [3.05, 3.63) is 35.4 Å². The third-order valence-electron chi connectivity index (χ3n) is 2.84. The van der Waals surface area contributed by atoms with Gasteiger partial charge in [-0.2, -0.15) is 5.26 Å². The van der Waals surface area contributed by atoms with Gasteiger partial charge in [0.25, 0.3) is 0 Å². The van der Waals surface area contributed by atoms with Crippen LogP contribution in [0.2, 0.25) is 0 Å². The van der Waals surface area contributed by atoms with Crippen molar-refractivity contribution in [1.29, 1.82) is 5.26 Å². The van der Waals surface area contributed by atoms with Crippen molar-refractivity contribution in [3.8, 4) is 11.8 Å². The number of nitrogens with zero attached hydrogens (tertiary/aromatic N) is 1. The minimum Gasteiger partial charge on any atom is -0.493 e. The fourth-order valence-corrected chi connectivity index (χ4v) is 1.65. The molecule has 0 spiro atoms. The molecule has 22 heavy (non-hydrogen) atoms. The number of ether oxygens (including phenoxy) is 3. The van der Waals surface area contributed by atoms with E-state index < -0.39 is 5.97 Å². The minimum atomic E-state index is -0.664. The fourth-order valence-electron chi connectivity index (χ4n) is 1.65. The molecule has 0 amide bonds. The summed E-state index contributed by atoms with van der Waals surface area (Å²) in [6.45, 7) is 3.09. The van der Waals surface area contributed by atoms with Gasteiger partial charge in [-0.25, -0.2) is 4.79 Å². The zero-order valence-corrected chi connectivity index (χ0v) is 13.0. The number of para-hydroxylation sites is 1. The van der Waals surface area contributed by atoms with Crippen molar-refractivity contribution >= 4 is 12.0 Å². The Morgan fingerprint density at radius 3 is 2.73 bits per heavy atom. The van der Waals surface area contributed by atoms with Crippen LogP contribution in [0.4, 0.5) is 0 Å². The van der Waals surface area contributed by atoms with Crippen LogP contribution in [0.5, 0.6) is 5.75 Å². The monoisotopic (exact) mass is 303 g/mol. The van der Waals surface area contributed by atoms with E-state index in [2.05, 4.69) is 6.92 Å². The highest BCUT2D eigenvalue weighted by Gasteiger charge is 2.12. The maximum atomic E-state index is 11.8. The van der Waals surface area contributed by atoms with Gasteiger partial charge < -0.3 is 14.2 Å². The number of carbonyl (C=O) groups excluding carboxylic acids is 1. The summed E-state index contributed by atoms with van der Waals surface area (Å²) in [5.74, 6) is -0.0173. The number of nitriles is 1. The molecule has 118 valence electrons. The van der Waals surface area contributed by atoms with Gasteiger partial charge in [-0.15, -0.1) is 0 Å². The highest BCUT2D eigenvalue weighted by Crippen LogP contribution is 2.21. The van der Waals surface area contributed by atoms with Crippen LogP contribution >= 0.6 is 0 Å². The first-order valence-corrected chi connectivity index (χ1v) is 7.22. The quantitative estimate of drug-likeness (QED) is 0.303. The SMILES string of the molecule is CCCCOc1ccccc1C=C(C#N)C(=O)OCCOC. The number of carbonyl (C=O) groups is 1. The second kappa shape index (κ2) is 10.4. The molecule has 0 aromatic heterocycles. The molecule has 0 aliphatic heterocycles. The molecule has 0 saturated carbocycles. The first-order valence-electron chi connectivity index (χ1n) is 7.22. The number of unbranched alkanes of at least 4 members (excludes halogenated alkanes) is 1. The molecule has 1 rings (SSSR count). The van der Waals surface area contributed by atoms with E-state index >= 15 is 0 Å². The van der Waals surface area contributed by atoms with Crippen LogP contribution in [0.1, 0.15) is 25.3 Å². The maximum Gasteiger partial charge on any atom is 0.348 e. The van der Waals surface area contributed by atoms with Crippen molar-refractivity contribution in [3.63, 3.8) is 0 Å². The van der Waals surface area contributed by atoms with Crippen molar-refractivity contribution in [2.24, 2.45) is 0 Å². The Hall–Kier alpha value is -2.32. The van der Waals surface area contributed by atoms with E-state index in [0.717, 1.165) is 12.8 Å². The Labute approximate surface area is 131 Å². The predicted molar refractivity (Wildman–Crippen MR) is 83.3 cm³/mol. The van der Waals surface area contributed by atoms with Crippen molar-refractivity contribution < 1.29 is 19.0 Å². The van der Waals surface area contributed by atoms with E-state index in [1.807, 2.05) is 24.3 Å². The largest absolute Gasteiger partial charge is 0.493 e. The molecule has 0 bridgehead atoms. The van der Waals surface area contributed by atoms with Crippen LogP contribution in [-0.2, 0) is 14.3 Å². The summed E-state index contributed by atoms with van der Waals surface area (Å²) in [6.07, 6.45) is 3.46. The predicted octanol–water partition coefficient (Wildman–Crippen LogP) is 2.96. The number of hydrogen-bond donors (Lipinski definition) is 0. The first-order chi connectivity index (χ1) is 10.7. The molecule has 0 atom stereocenters. The van der Waals surface area contributed by atoms with Crippen LogP contribution in [0, 0.1) is 11.3 Å². The van der Waals surface area contributed by atoms with Gasteiger partial charge in [-0.3, -0.25) is 0 Å². The van der Waals surface area contributed by atoms with Crippen LogP contribution in [0.3, 0.4) is 0 Å². The first kappa shape index (κ1) is 17.7. The van der Waals surface area contributed by atoms with Gasteiger partial charge in [0.1, 0.15) is 24.0 Å². The van der Waals surface area contributed by atoms with Gasteiger partial charge in [0.15, 0.2) is 0 Å². The summed E-state index contributed by atoms with van der Waals surface area (Å²) in [5, 5.41) is 9.13. The maximum absolute atomic E-state index is 11.8. The van der Waals surface area contributed by atoms with Gasteiger partial charge in [0.05, 0.1) is 13.2 Å². The van der Waals surface area contributed by atoms with E-state index in [-0.39, 0.29) is 12.2 Å². The Kier molecular flexibility index (Phi) is 8.39. The molecule has 0 aliphatic rings. The van der Waals surface area contributed by atoms with Crippen molar-refractivity contribution in [1.82, 2.24) is 0 Å². The molecule has 0 N–H and O–H groups in total. The summed E-state index contributed by atoms with van der Waals surface area (Å²) < 4.78 is 15.4. The van der Waals surface area contributed by atoms with E-state index in [1.54, 1.807) is 6.07 Å². The van der Waals surface area contributed by atoms with Crippen molar-refractivity contribution in [2.45, 2.75) is 19.8 Å². The summed E-state index contributed by atoms with van der Waals surface area (Å²) in [6, 6.07) is 9.14. The average molecular weight is 303 g/mol. The standard InChI is InChI=1S/C17H21NO4/c1-3-4-9-21-16-8-6-5-7-14(16)12-15(13-18)17(19)22-11-10-20-2/h5-8,12H,3-4,9-11H2,1-2H3. The average Bonchev–Trinajstić information content (AvgIpc) is 2.54. The van der Waals surface area contributed by atoms with Gasteiger partial charge in [-0.1, -0.05) is 31.5 Å². The Bertz CT molecular complexity index is 546. The Balaban J connectivity index is 2.84. The number of benzene rings is 1. The number of esters is 1. The van der Waals surface area contributed by atoms with E-state index in [0.29, 0.717) is 24.5 Å². The molecular weight excluding hydrogens is 282 g/mol. The summed E-state index contributed by atoms with van der Waals surface area (Å²) >= 11 is 0. The normalized spacial score (nSPS) is 10.9. The lowest BCUT2D eigenvalue weighted by molar-refractivity contribution is -0.139. The number of methoxy groups -OCH3 is 1. The molecule has 5 nitrogen and oxygen atoms in total. The van der Waals surface area contributed by atoms with Crippen LogP contribution in [0.15, 0.2) is 29.8 Å². The molecule has 0 heterocycles. The van der Waals surface area contributed by atoms with Crippen LogP contribution in [-0.4, -0.2) is 32.9 Å². The third kappa shape index (κ3) is 5.98. The second-order valence-corrected chi connectivity index (χ2v) is 4.54.